The number of ether oxygens (including phenoxy) is 2. The van der Waals surface area contributed by atoms with Gasteiger partial charge in [-0.05, 0) is 50.7 Å². The third-order valence-corrected chi connectivity index (χ3v) is 9.76. The number of hydrogen-bond donors (Lipinski definition) is 4. The quantitative estimate of drug-likeness (QED) is 0.0833. The lowest BCUT2D eigenvalue weighted by atomic mass is 9.95. The predicted molar refractivity (Wildman–Crippen MR) is 198 cm³/mol. The van der Waals surface area contributed by atoms with Crippen molar-refractivity contribution in [3.8, 4) is 0 Å². The summed E-state index contributed by atoms with van der Waals surface area (Å²) in [5.41, 5.74) is 12.4. The number of hydrogen-bond acceptors (Lipinski definition) is 11. The fourth-order valence-electron chi connectivity index (χ4n) is 6.00. The molecule has 52 heavy (non-hydrogen) atoms. The molecule has 2 aliphatic rings. The van der Waals surface area contributed by atoms with E-state index in [1.807, 2.05) is 46.3 Å². The zero-order valence-corrected chi connectivity index (χ0v) is 31.3. The van der Waals surface area contributed by atoms with Gasteiger partial charge in [-0.15, -0.1) is 5.53 Å². The number of rotatable bonds is 24. The molecule has 1 unspecified atom stereocenters. The third kappa shape index (κ3) is 13.1. The van der Waals surface area contributed by atoms with E-state index >= 15 is 0 Å². The van der Waals surface area contributed by atoms with E-state index in [9.17, 15) is 23.8 Å². The van der Waals surface area contributed by atoms with E-state index in [2.05, 4.69) is 32.9 Å². The van der Waals surface area contributed by atoms with Gasteiger partial charge in [-0.25, -0.2) is 4.57 Å². The fourth-order valence-corrected chi connectivity index (χ4v) is 6.47. The standard InChI is InChI=1S/C37H54N5O9P/c1-29(43)20-24-49-26-27-50-25-22-42-37-32-16-10-11-17-33(32)41(28-30-14-8-9-15-31(30)36(37)39-40-42)35(45)19-7-4-3-6-18-34(44)38-21-12-5-13-23-51-52(46,47)48-2/h8-11,14-17,39-40H,3-7,12-13,18-28H2,1-2H3,(H,38,44)(H,46,47). The molecule has 4 rings (SSSR count). The Hall–Kier alpha value is -3.62. The predicted octanol–water partition coefficient (Wildman–Crippen LogP) is 5.09. The molecule has 2 amide bonds. The van der Waals surface area contributed by atoms with Gasteiger partial charge in [0.25, 0.3) is 0 Å². The smallest absolute Gasteiger partial charge is 0.379 e. The van der Waals surface area contributed by atoms with Gasteiger partial charge >= 0.3 is 7.82 Å². The number of carbonyl (C=O) groups is 3. The molecular formula is C37H54N5O9P. The molecule has 2 aromatic carbocycles. The molecule has 0 fully saturated rings. The highest BCUT2D eigenvalue weighted by molar-refractivity contribution is 7.47. The van der Waals surface area contributed by atoms with E-state index < -0.39 is 7.82 Å². The van der Waals surface area contributed by atoms with Crippen molar-refractivity contribution >= 4 is 42.5 Å². The van der Waals surface area contributed by atoms with Crippen molar-refractivity contribution in [1.82, 2.24) is 21.3 Å². The summed E-state index contributed by atoms with van der Waals surface area (Å²) in [5, 5.41) is 4.94. The van der Waals surface area contributed by atoms with Gasteiger partial charge in [-0.1, -0.05) is 55.3 Å². The van der Waals surface area contributed by atoms with Crippen molar-refractivity contribution in [2.24, 2.45) is 0 Å². The number of para-hydroxylation sites is 1. The summed E-state index contributed by atoms with van der Waals surface area (Å²) in [5.74, 6) is 0.158. The minimum atomic E-state index is -3.93. The Balaban J connectivity index is 1.25. The third-order valence-electron chi connectivity index (χ3n) is 8.79. The number of benzene rings is 2. The van der Waals surface area contributed by atoms with Gasteiger partial charge in [0.2, 0.25) is 11.8 Å². The Bertz CT molecular complexity index is 1550. The Kier molecular flexibility index (Phi) is 17.2. The molecule has 0 aliphatic carbocycles. The summed E-state index contributed by atoms with van der Waals surface area (Å²) in [6.45, 7) is 4.89. The minimum absolute atomic E-state index is 0.00260. The average molecular weight is 744 g/mol. The number of fused-ring (bicyclic) bond motifs is 4. The SMILES string of the molecule is COP(=O)(O)OCCCCCNC(=O)CCCCCCC(=O)N1Cc2ccccc2C2=C(c3ccccc31)N(CCOCCOCCC(C)=O)NN2. The second-order valence-electron chi connectivity index (χ2n) is 12.8. The van der Waals surface area contributed by atoms with Crippen LogP contribution in [0.2, 0.25) is 0 Å². The maximum atomic E-state index is 13.9. The molecular weight excluding hydrogens is 689 g/mol. The Morgan fingerprint density at radius 2 is 1.52 bits per heavy atom. The van der Waals surface area contributed by atoms with Gasteiger partial charge in [0.1, 0.15) is 5.78 Å². The molecule has 0 saturated carbocycles. The lowest BCUT2D eigenvalue weighted by molar-refractivity contribution is -0.121. The van der Waals surface area contributed by atoms with Gasteiger partial charge < -0.3 is 30.0 Å². The molecule has 286 valence electrons. The van der Waals surface area contributed by atoms with Gasteiger partial charge in [0, 0.05) is 44.0 Å². The number of phosphoric ester groups is 1. The second-order valence-corrected chi connectivity index (χ2v) is 14.3. The summed E-state index contributed by atoms with van der Waals surface area (Å²) in [6, 6.07) is 16.1. The zero-order valence-electron chi connectivity index (χ0n) is 30.4. The van der Waals surface area contributed by atoms with Crippen LogP contribution in [0.15, 0.2) is 48.5 Å². The van der Waals surface area contributed by atoms with Gasteiger partial charge in [-0.3, -0.25) is 28.4 Å². The number of anilines is 1. The van der Waals surface area contributed by atoms with Crippen LogP contribution in [-0.4, -0.2) is 80.7 Å². The summed E-state index contributed by atoms with van der Waals surface area (Å²) < 4.78 is 31.7. The molecule has 0 spiro atoms. The van der Waals surface area contributed by atoms with E-state index in [1.165, 1.54) is 0 Å². The topological polar surface area (TPSA) is 168 Å². The lowest BCUT2D eigenvalue weighted by Gasteiger charge is -2.31. The molecule has 0 bridgehead atoms. The summed E-state index contributed by atoms with van der Waals surface area (Å²) in [4.78, 5) is 48.4. The van der Waals surface area contributed by atoms with E-state index in [0.717, 1.165) is 79.4 Å². The van der Waals surface area contributed by atoms with Crippen molar-refractivity contribution < 1.29 is 42.4 Å². The average Bonchev–Trinajstić information content (AvgIpc) is 3.54. The van der Waals surface area contributed by atoms with E-state index in [0.29, 0.717) is 71.7 Å². The molecule has 0 saturated heterocycles. The number of hydrazine groups is 2. The molecule has 15 heteroatoms. The minimum Gasteiger partial charge on any atom is -0.379 e. The largest absolute Gasteiger partial charge is 0.471 e. The molecule has 1 atom stereocenters. The van der Waals surface area contributed by atoms with Crippen molar-refractivity contribution in [3.05, 3.63) is 65.2 Å². The number of carbonyl (C=O) groups excluding carboxylic acids is 3. The Morgan fingerprint density at radius 3 is 2.29 bits per heavy atom. The first-order valence-electron chi connectivity index (χ1n) is 18.2. The van der Waals surface area contributed by atoms with E-state index in [-0.39, 0.29) is 24.2 Å². The first kappa shape index (κ1) is 41.1. The maximum absolute atomic E-state index is 13.9. The van der Waals surface area contributed by atoms with Gasteiger partial charge in [0.15, 0.2) is 0 Å². The highest BCUT2D eigenvalue weighted by Gasteiger charge is 2.32. The van der Waals surface area contributed by atoms with Crippen LogP contribution in [0, 0.1) is 0 Å². The molecule has 2 heterocycles. The van der Waals surface area contributed by atoms with Crippen LogP contribution in [0.25, 0.3) is 11.4 Å². The molecule has 2 aromatic rings. The van der Waals surface area contributed by atoms with Crippen LogP contribution in [0.3, 0.4) is 0 Å². The van der Waals surface area contributed by atoms with Crippen LogP contribution >= 0.6 is 7.82 Å². The lowest BCUT2D eigenvalue weighted by Crippen LogP contribution is -2.39. The maximum Gasteiger partial charge on any atom is 0.471 e. The molecule has 0 aromatic heterocycles. The van der Waals surface area contributed by atoms with Crippen LogP contribution in [-0.2, 0) is 44.0 Å². The van der Waals surface area contributed by atoms with Crippen LogP contribution in [0.5, 0.6) is 0 Å². The van der Waals surface area contributed by atoms with E-state index in [1.54, 1.807) is 6.92 Å². The molecule has 0 radical (unpaired) electrons. The van der Waals surface area contributed by atoms with Crippen molar-refractivity contribution in [3.63, 3.8) is 0 Å². The number of amides is 2. The summed E-state index contributed by atoms with van der Waals surface area (Å²) >= 11 is 0. The molecule has 14 nitrogen and oxygen atoms in total. The zero-order chi connectivity index (χ0) is 37.2. The number of nitrogens with zero attached hydrogens (tertiary/aromatic N) is 2. The number of ketones is 1. The highest BCUT2D eigenvalue weighted by atomic mass is 31.2. The van der Waals surface area contributed by atoms with E-state index in [4.69, 9.17) is 14.0 Å². The first-order chi connectivity index (χ1) is 25.2. The van der Waals surface area contributed by atoms with Crippen molar-refractivity contribution in [1.29, 1.82) is 0 Å². The molecule has 4 N–H and O–H groups in total. The van der Waals surface area contributed by atoms with Gasteiger partial charge in [-0.2, -0.15) is 0 Å². The molecule has 2 aliphatic heterocycles. The monoisotopic (exact) mass is 743 g/mol. The number of nitrogens with one attached hydrogen (secondary N) is 3. The Morgan fingerprint density at radius 1 is 0.827 bits per heavy atom. The summed E-state index contributed by atoms with van der Waals surface area (Å²) in [7, 11) is -2.81. The second kappa shape index (κ2) is 21.8. The van der Waals surface area contributed by atoms with Crippen molar-refractivity contribution in [2.45, 2.75) is 77.7 Å². The fraction of sp³-hybridized carbons (Fsp3) is 0.541. The summed E-state index contributed by atoms with van der Waals surface area (Å²) in [6.07, 6.45) is 6.52. The number of Topliss-reactive ketones (excluding diaryl/α,β-unsaturated/α-hetero) is 1. The van der Waals surface area contributed by atoms with Crippen molar-refractivity contribution in [2.75, 3.05) is 58.1 Å². The number of unbranched alkanes of at least 4 members (excludes halogenated alkanes) is 5. The van der Waals surface area contributed by atoms with Gasteiger partial charge in [0.05, 0.1) is 63.2 Å². The Labute approximate surface area is 306 Å². The normalized spacial score (nSPS) is 14.8. The van der Waals surface area contributed by atoms with Crippen LogP contribution < -0.4 is 21.2 Å². The van der Waals surface area contributed by atoms with Crippen LogP contribution in [0.1, 0.15) is 87.8 Å². The number of phosphoric acid groups is 1. The highest BCUT2D eigenvalue weighted by Crippen LogP contribution is 2.42. The van der Waals surface area contributed by atoms with Crippen LogP contribution in [0.4, 0.5) is 5.69 Å². The first-order valence-corrected chi connectivity index (χ1v) is 19.7.